The second-order valence-electron chi connectivity index (χ2n) is 4.90. The Bertz CT molecular complexity index is 361. The van der Waals surface area contributed by atoms with Gasteiger partial charge >= 0.3 is 0 Å². The van der Waals surface area contributed by atoms with E-state index in [-0.39, 0.29) is 0 Å². The molecule has 3 heteroatoms. The first kappa shape index (κ1) is 12.4. The van der Waals surface area contributed by atoms with Gasteiger partial charge in [0, 0.05) is 24.4 Å². The molecule has 0 atom stereocenters. The summed E-state index contributed by atoms with van der Waals surface area (Å²) < 4.78 is 5.24. The van der Waals surface area contributed by atoms with Crippen molar-refractivity contribution >= 4 is 0 Å². The van der Waals surface area contributed by atoms with Gasteiger partial charge in [0.2, 0.25) is 0 Å². The minimum absolute atomic E-state index is 0.836. The molecule has 1 fully saturated rings. The Balaban J connectivity index is 1.71. The molecule has 1 N–H and O–H groups in total. The van der Waals surface area contributed by atoms with Crippen molar-refractivity contribution in [2.24, 2.45) is 5.92 Å². The Hall–Kier alpha value is -1.09. The second kappa shape index (κ2) is 6.01. The smallest absolute Gasteiger partial charge is 0.122 e. The first-order valence-electron chi connectivity index (χ1n) is 6.50. The van der Waals surface area contributed by atoms with E-state index in [1.54, 1.807) is 7.11 Å². The molecule has 0 amide bonds. The van der Waals surface area contributed by atoms with E-state index >= 15 is 0 Å². The van der Waals surface area contributed by atoms with Crippen LogP contribution >= 0.6 is 0 Å². The standard InChI is InChI=1S/C14H22N2O/c1-11-8-14(17-2)9-13(16-11)10-15-7-3-4-12-5-6-12/h8-9,12,15H,3-7,10H2,1-2H3. The van der Waals surface area contributed by atoms with E-state index in [9.17, 15) is 0 Å². The maximum absolute atomic E-state index is 5.24. The zero-order valence-corrected chi connectivity index (χ0v) is 10.8. The number of pyridine rings is 1. The monoisotopic (exact) mass is 234 g/mol. The Labute approximate surface area is 104 Å². The van der Waals surface area contributed by atoms with Crippen molar-refractivity contribution in [1.29, 1.82) is 0 Å². The third kappa shape index (κ3) is 4.35. The third-order valence-electron chi connectivity index (χ3n) is 3.18. The number of aromatic nitrogens is 1. The number of aryl methyl sites for hydroxylation is 1. The molecule has 0 unspecified atom stereocenters. The largest absolute Gasteiger partial charge is 0.497 e. The zero-order valence-electron chi connectivity index (χ0n) is 10.8. The van der Waals surface area contributed by atoms with Crippen LogP contribution in [-0.2, 0) is 6.54 Å². The van der Waals surface area contributed by atoms with Gasteiger partial charge in [-0.2, -0.15) is 0 Å². The summed E-state index contributed by atoms with van der Waals surface area (Å²) in [6.07, 6.45) is 5.58. The van der Waals surface area contributed by atoms with E-state index in [0.717, 1.165) is 36.1 Å². The van der Waals surface area contributed by atoms with Crippen molar-refractivity contribution in [3.8, 4) is 5.75 Å². The van der Waals surface area contributed by atoms with Gasteiger partial charge in [-0.1, -0.05) is 12.8 Å². The van der Waals surface area contributed by atoms with Crippen molar-refractivity contribution in [3.05, 3.63) is 23.5 Å². The quantitative estimate of drug-likeness (QED) is 0.736. The number of methoxy groups -OCH3 is 1. The SMILES string of the molecule is COc1cc(C)nc(CNCCCC2CC2)c1. The van der Waals surface area contributed by atoms with Gasteiger partial charge in [0.15, 0.2) is 0 Å². The fraction of sp³-hybridized carbons (Fsp3) is 0.643. The summed E-state index contributed by atoms with van der Waals surface area (Å²) in [5, 5.41) is 3.45. The average Bonchev–Trinajstić information content (AvgIpc) is 3.12. The molecule has 17 heavy (non-hydrogen) atoms. The van der Waals surface area contributed by atoms with Crippen LogP contribution in [0.1, 0.15) is 37.1 Å². The van der Waals surface area contributed by atoms with Crippen LogP contribution in [-0.4, -0.2) is 18.6 Å². The summed E-state index contributed by atoms with van der Waals surface area (Å²) in [6, 6.07) is 3.96. The Morgan fingerprint density at radius 1 is 1.41 bits per heavy atom. The predicted molar refractivity (Wildman–Crippen MR) is 69.2 cm³/mol. The van der Waals surface area contributed by atoms with Gasteiger partial charge in [0.25, 0.3) is 0 Å². The molecule has 1 aromatic rings. The van der Waals surface area contributed by atoms with E-state index in [0.29, 0.717) is 0 Å². The Kier molecular flexibility index (Phi) is 4.37. The van der Waals surface area contributed by atoms with Gasteiger partial charge < -0.3 is 10.1 Å². The highest BCUT2D eigenvalue weighted by Crippen LogP contribution is 2.33. The molecule has 3 nitrogen and oxygen atoms in total. The molecule has 0 aliphatic heterocycles. The lowest BCUT2D eigenvalue weighted by Gasteiger charge is -2.07. The molecule has 94 valence electrons. The fourth-order valence-corrected chi connectivity index (χ4v) is 2.05. The van der Waals surface area contributed by atoms with Crippen LogP contribution in [0.5, 0.6) is 5.75 Å². The number of hydrogen-bond acceptors (Lipinski definition) is 3. The van der Waals surface area contributed by atoms with E-state index in [2.05, 4.69) is 10.3 Å². The van der Waals surface area contributed by atoms with Gasteiger partial charge in [0.05, 0.1) is 12.8 Å². The molecular formula is C14H22N2O. The molecular weight excluding hydrogens is 212 g/mol. The summed E-state index contributed by atoms with van der Waals surface area (Å²) >= 11 is 0. The minimum atomic E-state index is 0.836. The lowest BCUT2D eigenvalue weighted by atomic mass is 10.2. The van der Waals surface area contributed by atoms with Crippen molar-refractivity contribution in [2.45, 2.75) is 39.2 Å². The van der Waals surface area contributed by atoms with E-state index < -0.39 is 0 Å². The Morgan fingerprint density at radius 2 is 2.24 bits per heavy atom. The van der Waals surface area contributed by atoms with Crippen LogP contribution in [0.25, 0.3) is 0 Å². The molecule has 1 aromatic heterocycles. The first-order chi connectivity index (χ1) is 8.28. The molecule has 1 saturated carbocycles. The van der Waals surface area contributed by atoms with Crippen LogP contribution in [0.15, 0.2) is 12.1 Å². The highest BCUT2D eigenvalue weighted by atomic mass is 16.5. The molecule has 0 saturated heterocycles. The summed E-state index contributed by atoms with van der Waals surface area (Å²) in [5.41, 5.74) is 2.08. The number of hydrogen-bond donors (Lipinski definition) is 1. The summed E-state index contributed by atoms with van der Waals surface area (Å²) in [4.78, 5) is 4.48. The van der Waals surface area contributed by atoms with Gasteiger partial charge in [-0.25, -0.2) is 0 Å². The summed E-state index contributed by atoms with van der Waals surface area (Å²) in [6.45, 7) is 3.93. The maximum Gasteiger partial charge on any atom is 0.122 e. The van der Waals surface area contributed by atoms with Crippen molar-refractivity contribution < 1.29 is 4.74 Å². The summed E-state index contributed by atoms with van der Waals surface area (Å²) in [7, 11) is 1.70. The average molecular weight is 234 g/mol. The van der Waals surface area contributed by atoms with Crippen LogP contribution < -0.4 is 10.1 Å². The van der Waals surface area contributed by atoms with E-state index in [4.69, 9.17) is 4.74 Å². The van der Waals surface area contributed by atoms with Gasteiger partial charge in [-0.3, -0.25) is 4.98 Å². The van der Waals surface area contributed by atoms with Crippen molar-refractivity contribution in [3.63, 3.8) is 0 Å². The second-order valence-corrected chi connectivity index (χ2v) is 4.90. The first-order valence-corrected chi connectivity index (χ1v) is 6.50. The molecule has 2 rings (SSSR count). The topological polar surface area (TPSA) is 34.1 Å². The lowest BCUT2D eigenvalue weighted by molar-refractivity contribution is 0.412. The van der Waals surface area contributed by atoms with E-state index in [1.165, 1.54) is 25.7 Å². The normalized spacial score (nSPS) is 14.9. The van der Waals surface area contributed by atoms with Gasteiger partial charge in [0.1, 0.15) is 5.75 Å². The highest BCUT2D eigenvalue weighted by molar-refractivity contribution is 5.26. The number of ether oxygens (including phenoxy) is 1. The van der Waals surface area contributed by atoms with Crippen LogP contribution in [0.4, 0.5) is 0 Å². The molecule has 1 aliphatic rings. The van der Waals surface area contributed by atoms with Crippen molar-refractivity contribution in [2.75, 3.05) is 13.7 Å². The fourth-order valence-electron chi connectivity index (χ4n) is 2.05. The highest BCUT2D eigenvalue weighted by Gasteiger charge is 2.19. The molecule has 0 aromatic carbocycles. The zero-order chi connectivity index (χ0) is 12.1. The van der Waals surface area contributed by atoms with Crippen LogP contribution in [0.3, 0.4) is 0 Å². The third-order valence-corrected chi connectivity index (χ3v) is 3.18. The van der Waals surface area contributed by atoms with Crippen molar-refractivity contribution in [1.82, 2.24) is 10.3 Å². The predicted octanol–water partition coefficient (Wildman–Crippen LogP) is 2.68. The molecule has 0 spiro atoms. The molecule has 0 bridgehead atoms. The number of rotatable bonds is 7. The lowest BCUT2D eigenvalue weighted by Crippen LogP contribution is -2.16. The molecule has 0 radical (unpaired) electrons. The minimum Gasteiger partial charge on any atom is -0.497 e. The summed E-state index contributed by atoms with van der Waals surface area (Å²) in [5.74, 6) is 1.93. The molecule has 1 heterocycles. The van der Waals surface area contributed by atoms with Crippen LogP contribution in [0, 0.1) is 12.8 Å². The van der Waals surface area contributed by atoms with E-state index in [1.807, 2.05) is 19.1 Å². The Morgan fingerprint density at radius 3 is 2.94 bits per heavy atom. The number of nitrogens with one attached hydrogen (secondary N) is 1. The molecule has 1 aliphatic carbocycles. The maximum atomic E-state index is 5.24. The number of nitrogens with zero attached hydrogens (tertiary/aromatic N) is 1. The van der Waals surface area contributed by atoms with Gasteiger partial charge in [-0.15, -0.1) is 0 Å². The van der Waals surface area contributed by atoms with Gasteiger partial charge in [-0.05, 0) is 32.2 Å². The van der Waals surface area contributed by atoms with Crippen LogP contribution in [0.2, 0.25) is 0 Å².